The van der Waals surface area contributed by atoms with Gasteiger partial charge in [-0.05, 0) is 55.7 Å². The number of thioether (sulfide) groups is 1. The highest BCUT2D eigenvalue weighted by molar-refractivity contribution is 7.99. The Morgan fingerprint density at radius 2 is 2.00 bits per heavy atom. The molecule has 0 radical (unpaired) electrons. The number of hydrogen-bond donors (Lipinski definition) is 2. The molecule has 0 saturated heterocycles. The minimum Gasteiger partial charge on any atom is -0.255 e. The minimum absolute atomic E-state index is 0.319. The maximum absolute atomic E-state index is 10.8. The largest absolute Gasteiger partial charge is 0.274 e. The third kappa shape index (κ3) is 4.92. The quantitative estimate of drug-likeness (QED) is 0.579. The summed E-state index contributed by atoms with van der Waals surface area (Å²) in [5.41, 5.74) is 3.79. The van der Waals surface area contributed by atoms with Gasteiger partial charge in [0.05, 0.1) is 11.1 Å². The predicted molar refractivity (Wildman–Crippen MR) is 97.0 cm³/mol. The van der Waals surface area contributed by atoms with Gasteiger partial charge in [0.2, 0.25) is 0 Å². The van der Waals surface area contributed by atoms with Crippen molar-refractivity contribution in [3.63, 3.8) is 0 Å². The number of pyridine rings is 1. The van der Waals surface area contributed by atoms with Crippen molar-refractivity contribution in [2.45, 2.75) is 31.6 Å². The normalized spacial score (nSPS) is 11.6. The molecule has 0 aliphatic rings. The Balaban J connectivity index is 2.10. The molecule has 0 bridgehead atoms. The molecular weight excluding hydrogens is 344 g/mol. The van der Waals surface area contributed by atoms with Crippen LogP contribution in [0.5, 0.6) is 0 Å². The van der Waals surface area contributed by atoms with Gasteiger partial charge in [-0.2, -0.15) is 13.7 Å². The Hall–Kier alpha value is -1.66. The summed E-state index contributed by atoms with van der Waals surface area (Å²) in [6.45, 7) is 4.40. The molecule has 0 aliphatic heterocycles. The summed E-state index contributed by atoms with van der Waals surface area (Å²) in [7, 11) is -3.62. The van der Waals surface area contributed by atoms with Crippen LogP contribution in [0, 0.1) is 25.2 Å². The number of fused-ring (bicyclic) bond motifs is 1. The van der Waals surface area contributed by atoms with Gasteiger partial charge in [0, 0.05) is 23.0 Å². The van der Waals surface area contributed by atoms with Crippen LogP contribution in [0.3, 0.4) is 0 Å². The van der Waals surface area contributed by atoms with E-state index in [2.05, 4.69) is 21.8 Å². The third-order valence-corrected chi connectivity index (χ3v) is 5.50. The van der Waals surface area contributed by atoms with Crippen molar-refractivity contribution in [3.05, 3.63) is 35.0 Å². The van der Waals surface area contributed by atoms with Gasteiger partial charge < -0.3 is 0 Å². The average Bonchev–Trinajstić information content (AvgIpc) is 2.51. The highest BCUT2D eigenvalue weighted by Gasteiger charge is 2.11. The molecule has 0 amide bonds. The molecule has 1 aromatic carbocycles. The van der Waals surface area contributed by atoms with E-state index in [4.69, 9.17) is 5.14 Å². The maximum Gasteiger partial charge on any atom is 0.274 e. The number of aromatic nitrogens is 1. The van der Waals surface area contributed by atoms with Crippen LogP contribution in [0.25, 0.3) is 10.9 Å². The molecule has 1 aromatic heterocycles. The van der Waals surface area contributed by atoms with Crippen LogP contribution in [0.15, 0.2) is 23.2 Å². The number of nitrogens with zero attached hydrogens (tertiary/aromatic N) is 2. The lowest BCUT2D eigenvalue weighted by molar-refractivity contribution is 0.580. The minimum atomic E-state index is -3.62. The SMILES string of the molecule is Cc1cc2ncc(C#N)c(SCCCCNS(N)(=O)=O)c2cc1C. The molecule has 0 fully saturated rings. The molecule has 8 heteroatoms. The standard InChI is InChI=1S/C16H20N4O2S2/c1-11-7-14-15(8-12(11)2)19-10-13(9-17)16(14)23-6-4-3-5-20-24(18,21)22/h7-8,10,20H,3-6H2,1-2H3,(H2,18,21,22). The van der Waals surface area contributed by atoms with Crippen LogP contribution in [0.4, 0.5) is 0 Å². The van der Waals surface area contributed by atoms with Crippen molar-refractivity contribution in [1.82, 2.24) is 9.71 Å². The molecule has 0 unspecified atom stereocenters. The van der Waals surface area contributed by atoms with Crippen LogP contribution < -0.4 is 9.86 Å². The molecule has 3 N–H and O–H groups in total. The number of unbranched alkanes of at least 4 members (excludes halogenated alkanes) is 1. The van der Waals surface area contributed by atoms with Crippen molar-refractivity contribution < 1.29 is 8.42 Å². The lowest BCUT2D eigenvalue weighted by Crippen LogP contribution is -2.31. The second-order valence-electron chi connectivity index (χ2n) is 5.56. The number of nitriles is 1. The molecule has 0 spiro atoms. The lowest BCUT2D eigenvalue weighted by Gasteiger charge is -2.10. The zero-order chi connectivity index (χ0) is 17.7. The smallest absolute Gasteiger partial charge is 0.255 e. The summed E-state index contributed by atoms with van der Waals surface area (Å²) in [5, 5.41) is 15.2. The van der Waals surface area contributed by atoms with E-state index in [9.17, 15) is 13.7 Å². The van der Waals surface area contributed by atoms with Gasteiger partial charge in [0.15, 0.2) is 0 Å². The van der Waals surface area contributed by atoms with Crippen LogP contribution in [-0.4, -0.2) is 25.7 Å². The number of benzene rings is 1. The summed E-state index contributed by atoms with van der Waals surface area (Å²) < 4.78 is 23.9. The van der Waals surface area contributed by atoms with E-state index < -0.39 is 10.2 Å². The molecule has 0 atom stereocenters. The maximum atomic E-state index is 10.8. The Labute approximate surface area is 146 Å². The number of hydrogen-bond acceptors (Lipinski definition) is 5. The Morgan fingerprint density at radius 1 is 1.29 bits per heavy atom. The summed E-state index contributed by atoms with van der Waals surface area (Å²) in [4.78, 5) is 5.31. The van der Waals surface area contributed by atoms with Gasteiger partial charge in [-0.15, -0.1) is 11.8 Å². The molecule has 2 aromatic rings. The molecule has 2 rings (SSSR count). The molecule has 1 heterocycles. The number of aryl methyl sites for hydroxylation is 2. The summed E-state index contributed by atoms with van der Waals surface area (Å²) in [6.07, 6.45) is 3.11. The van der Waals surface area contributed by atoms with Gasteiger partial charge in [0.1, 0.15) is 6.07 Å². The van der Waals surface area contributed by atoms with Gasteiger partial charge in [-0.1, -0.05) is 0 Å². The first-order valence-corrected chi connectivity index (χ1v) is 10.1. The van der Waals surface area contributed by atoms with Crippen molar-refractivity contribution in [3.8, 4) is 6.07 Å². The van der Waals surface area contributed by atoms with Crippen LogP contribution >= 0.6 is 11.8 Å². The third-order valence-electron chi connectivity index (χ3n) is 3.68. The molecular formula is C16H20N4O2S2. The number of rotatable bonds is 7. The molecule has 128 valence electrons. The number of nitrogens with two attached hydrogens (primary N) is 1. The molecule has 0 saturated carbocycles. The highest BCUT2D eigenvalue weighted by Crippen LogP contribution is 2.32. The van der Waals surface area contributed by atoms with Crippen molar-refractivity contribution in [1.29, 1.82) is 5.26 Å². The highest BCUT2D eigenvalue weighted by atomic mass is 32.2. The fraction of sp³-hybridized carbons (Fsp3) is 0.375. The van der Waals surface area contributed by atoms with E-state index in [-0.39, 0.29) is 0 Å². The molecule has 0 aliphatic carbocycles. The second-order valence-corrected chi connectivity index (χ2v) is 8.05. The van der Waals surface area contributed by atoms with Crippen molar-refractivity contribution >= 4 is 32.9 Å². The van der Waals surface area contributed by atoms with E-state index in [0.29, 0.717) is 18.5 Å². The van der Waals surface area contributed by atoms with E-state index in [1.54, 1.807) is 18.0 Å². The Kier molecular flexibility index (Phi) is 6.18. The Bertz CT molecular complexity index is 889. The van der Waals surface area contributed by atoms with E-state index >= 15 is 0 Å². The lowest BCUT2D eigenvalue weighted by atomic mass is 10.1. The predicted octanol–water partition coefficient (Wildman–Crippen LogP) is 2.39. The monoisotopic (exact) mass is 364 g/mol. The first-order chi connectivity index (χ1) is 11.3. The summed E-state index contributed by atoms with van der Waals surface area (Å²) in [5.74, 6) is 0.785. The summed E-state index contributed by atoms with van der Waals surface area (Å²) in [6, 6.07) is 6.31. The first kappa shape index (κ1) is 18.7. The second kappa shape index (κ2) is 7.94. The molecule has 6 nitrogen and oxygen atoms in total. The van der Waals surface area contributed by atoms with Crippen molar-refractivity contribution in [2.24, 2.45) is 5.14 Å². The number of nitrogens with one attached hydrogen (secondary N) is 1. The van der Waals surface area contributed by atoms with Gasteiger partial charge in [-0.25, -0.2) is 9.86 Å². The Morgan fingerprint density at radius 3 is 2.67 bits per heavy atom. The van der Waals surface area contributed by atoms with Gasteiger partial charge in [-0.3, -0.25) is 4.98 Å². The van der Waals surface area contributed by atoms with E-state index in [0.717, 1.165) is 28.0 Å². The van der Waals surface area contributed by atoms with Crippen LogP contribution in [0.1, 0.15) is 29.5 Å². The fourth-order valence-corrected chi connectivity index (χ4v) is 3.83. The zero-order valence-corrected chi connectivity index (χ0v) is 15.3. The van der Waals surface area contributed by atoms with Crippen LogP contribution in [-0.2, 0) is 10.2 Å². The summed E-state index contributed by atoms with van der Waals surface area (Å²) >= 11 is 1.60. The fourth-order valence-electron chi connectivity index (χ4n) is 2.28. The van der Waals surface area contributed by atoms with Crippen molar-refractivity contribution in [2.75, 3.05) is 12.3 Å². The zero-order valence-electron chi connectivity index (χ0n) is 13.7. The van der Waals surface area contributed by atoms with Gasteiger partial charge >= 0.3 is 0 Å². The topological polar surface area (TPSA) is 109 Å². The van der Waals surface area contributed by atoms with Gasteiger partial charge in [0.25, 0.3) is 10.2 Å². The van der Waals surface area contributed by atoms with Crippen LogP contribution in [0.2, 0.25) is 0 Å². The van der Waals surface area contributed by atoms with E-state index in [1.807, 2.05) is 19.9 Å². The first-order valence-electron chi connectivity index (χ1n) is 7.52. The average molecular weight is 364 g/mol. The van der Waals surface area contributed by atoms with E-state index in [1.165, 1.54) is 11.1 Å². The molecule has 24 heavy (non-hydrogen) atoms.